The van der Waals surface area contributed by atoms with Crippen LogP contribution < -0.4 is 5.73 Å². The Morgan fingerprint density at radius 3 is 2.41 bits per heavy atom. The van der Waals surface area contributed by atoms with Crippen molar-refractivity contribution in [3.63, 3.8) is 0 Å². The van der Waals surface area contributed by atoms with Crippen LogP contribution in [0.25, 0.3) is 11.3 Å². The molecule has 2 aromatic heterocycles. The Morgan fingerprint density at radius 2 is 1.73 bits per heavy atom. The van der Waals surface area contributed by atoms with Gasteiger partial charge in [-0.25, -0.2) is 4.98 Å². The van der Waals surface area contributed by atoms with E-state index in [-0.39, 0.29) is 5.41 Å². The molecule has 0 fully saturated rings. The number of thiazole rings is 1. The highest BCUT2D eigenvalue weighted by molar-refractivity contribution is 7.10. The van der Waals surface area contributed by atoms with Gasteiger partial charge < -0.3 is 5.73 Å². The van der Waals surface area contributed by atoms with Crippen LogP contribution >= 0.6 is 11.3 Å². The van der Waals surface area contributed by atoms with E-state index in [0.717, 1.165) is 28.4 Å². The van der Waals surface area contributed by atoms with E-state index in [9.17, 15) is 0 Å². The van der Waals surface area contributed by atoms with Crippen LogP contribution in [0.1, 0.15) is 24.4 Å². The van der Waals surface area contributed by atoms with E-state index in [2.05, 4.69) is 36.3 Å². The molecule has 0 radical (unpaired) electrons. The molecule has 0 bridgehead atoms. The predicted octanol–water partition coefficient (Wildman–Crippen LogP) is 4.31. The van der Waals surface area contributed by atoms with Gasteiger partial charge in [-0.1, -0.05) is 26.0 Å². The van der Waals surface area contributed by atoms with Crippen molar-refractivity contribution in [2.75, 3.05) is 5.73 Å². The Labute approximate surface area is 134 Å². The zero-order valence-electron chi connectivity index (χ0n) is 12.8. The largest absolute Gasteiger partial charge is 0.399 e. The number of aromatic nitrogens is 2. The fourth-order valence-electron chi connectivity index (χ4n) is 2.46. The summed E-state index contributed by atoms with van der Waals surface area (Å²) in [6.45, 7) is 4.47. The molecule has 1 aromatic carbocycles. The zero-order chi connectivity index (χ0) is 15.6. The standard InChI is InChI=1S/C18H19N3S/c1-18(2,11-13-3-5-15(19)6-4-13)17-21-16(12-22-17)14-7-9-20-10-8-14/h3-10,12H,11,19H2,1-2H3. The molecular weight excluding hydrogens is 290 g/mol. The van der Waals surface area contributed by atoms with E-state index >= 15 is 0 Å². The molecular formula is C18H19N3S. The Morgan fingerprint density at radius 1 is 1.05 bits per heavy atom. The number of nitrogens with two attached hydrogens (primary N) is 1. The van der Waals surface area contributed by atoms with Crippen molar-refractivity contribution in [1.82, 2.24) is 9.97 Å². The number of benzene rings is 1. The van der Waals surface area contributed by atoms with Crippen LogP contribution in [0.15, 0.2) is 54.2 Å². The fraction of sp³-hybridized carbons (Fsp3) is 0.222. The maximum atomic E-state index is 5.75. The molecule has 0 unspecified atom stereocenters. The molecule has 2 N–H and O–H groups in total. The first-order valence-corrected chi connectivity index (χ1v) is 8.13. The minimum absolute atomic E-state index is 0.00787. The van der Waals surface area contributed by atoms with Crippen LogP contribution in [0.5, 0.6) is 0 Å². The van der Waals surface area contributed by atoms with Gasteiger partial charge >= 0.3 is 0 Å². The highest BCUT2D eigenvalue weighted by Crippen LogP contribution is 2.33. The van der Waals surface area contributed by atoms with Gasteiger partial charge in [0.1, 0.15) is 0 Å². The van der Waals surface area contributed by atoms with E-state index in [0.29, 0.717) is 0 Å². The van der Waals surface area contributed by atoms with Crippen LogP contribution in [0.2, 0.25) is 0 Å². The SMILES string of the molecule is CC(C)(Cc1ccc(N)cc1)c1nc(-c2ccncc2)cs1. The van der Waals surface area contributed by atoms with Gasteiger partial charge in [-0.2, -0.15) is 0 Å². The average Bonchev–Trinajstić information content (AvgIpc) is 3.01. The lowest BCUT2D eigenvalue weighted by Crippen LogP contribution is -2.20. The van der Waals surface area contributed by atoms with E-state index in [1.165, 1.54) is 5.56 Å². The molecule has 0 saturated heterocycles. The lowest BCUT2D eigenvalue weighted by Gasteiger charge is -2.22. The maximum absolute atomic E-state index is 5.75. The molecule has 0 spiro atoms. The second-order valence-electron chi connectivity index (χ2n) is 6.08. The molecule has 22 heavy (non-hydrogen) atoms. The molecule has 0 saturated carbocycles. The van der Waals surface area contributed by atoms with Gasteiger partial charge in [0.2, 0.25) is 0 Å². The molecule has 3 rings (SSSR count). The number of nitrogens with zero attached hydrogens (tertiary/aromatic N) is 2. The third-order valence-corrected chi connectivity index (χ3v) is 4.89. The third-order valence-electron chi connectivity index (χ3n) is 3.69. The van der Waals surface area contributed by atoms with E-state index in [1.54, 1.807) is 23.7 Å². The molecule has 0 amide bonds. The van der Waals surface area contributed by atoms with E-state index < -0.39 is 0 Å². The van der Waals surface area contributed by atoms with E-state index in [1.807, 2.05) is 24.3 Å². The summed E-state index contributed by atoms with van der Waals surface area (Å²) in [7, 11) is 0. The second-order valence-corrected chi connectivity index (χ2v) is 6.93. The van der Waals surface area contributed by atoms with Crippen LogP contribution in [-0.2, 0) is 11.8 Å². The Bertz CT molecular complexity index is 746. The number of pyridine rings is 1. The van der Waals surface area contributed by atoms with Gasteiger partial charge in [-0.3, -0.25) is 4.98 Å². The first kappa shape index (κ1) is 14.7. The highest BCUT2D eigenvalue weighted by atomic mass is 32.1. The predicted molar refractivity (Wildman–Crippen MR) is 92.9 cm³/mol. The van der Waals surface area contributed by atoms with Crippen molar-refractivity contribution in [3.8, 4) is 11.3 Å². The van der Waals surface area contributed by atoms with Gasteiger partial charge in [0, 0.05) is 34.4 Å². The number of nitrogen functional groups attached to an aromatic ring is 1. The second kappa shape index (κ2) is 5.89. The highest BCUT2D eigenvalue weighted by Gasteiger charge is 2.25. The molecule has 3 nitrogen and oxygen atoms in total. The zero-order valence-corrected chi connectivity index (χ0v) is 13.6. The molecule has 0 aliphatic heterocycles. The van der Waals surface area contributed by atoms with Crippen LogP contribution in [0.4, 0.5) is 5.69 Å². The number of anilines is 1. The van der Waals surface area contributed by atoms with Crippen molar-refractivity contribution >= 4 is 17.0 Å². The molecule has 0 aliphatic carbocycles. The van der Waals surface area contributed by atoms with Crippen molar-refractivity contribution < 1.29 is 0 Å². The van der Waals surface area contributed by atoms with Gasteiger partial charge in [-0.15, -0.1) is 11.3 Å². The first-order valence-electron chi connectivity index (χ1n) is 7.25. The summed E-state index contributed by atoms with van der Waals surface area (Å²) in [4.78, 5) is 8.89. The van der Waals surface area contributed by atoms with Crippen molar-refractivity contribution in [2.45, 2.75) is 25.7 Å². The summed E-state index contributed by atoms with van der Waals surface area (Å²) in [6.07, 6.45) is 4.54. The molecule has 2 heterocycles. The monoisotopic (exact) mass is 309 g/mol. The molecule has 3 aromatic rings. The average molecular weight is 309 g/mol. The summed E-state index contributed by atoms with van der Waals surface area (Å²) in [5, 5.41) is 3.27. The van der Waals surface area contributed by atoms with Gasteiger partial charge in [0.25, 0.3) is 0 Å². The molecule has 0 atom stereocenters. The van der Waals surface area contributed by atoms with Crippen molar-refractivity contribution in [3.05, 3.63) is 64.7 Å². The Balaban J connectivity index is 1.83. The quantitative estimate of drug-likeness (QED) is 0.731. The van der Waals surface area contributed by atoms with Gasteiger partial charge in [0.05, 0.1) is 10.7 Å². The smallest absolute Gasteiger partial charge is 0.0992 e. The summed E-state index contributed by atoms with van der Waals surface area (Å²) >= 11 is 1.72. The lowest BCUT2D eigenvalue weighted by molar-refractivity contribution is 0.519. The Kier molecular flexibility index (Phi) is 3.94. The molecule has 112 valence electrons. The summed E-state index contributed by atoms with van der Waals surface area (Å²) in [5.41, 5.74) is 9.96. The fourth-order valence-corrected chi connectivity index (χ4v) is 3.42. The van der Waals surface area contributed by atoms with Crippen molar-refractivity contribution in [2.24, 2.45) is 0 Å². The number of rotatable bonds is 4. The van der Waals surface area contributed by atoms with Crippen LogP contribution in [0, 0.1) is 0 Å². The van der Waals surface area contributed by atoms with E-state index in [4.69, 9.17) is 10.7 Å². The first-order chi connectivity index (χ1) is 10.5. The van der Waals surface area contributed by atoms with Crippen molar-refractivity contribution in [1.29, 1.82) is 0 Å². The summed E-state index contributed by atoms with van der Waals surface area (Å²) < 4.78 is 0. The van der Waals surface area contributed by atoms with Crippen LogP contribution in [0.3, 0.4) is 0 Å². The molecule has 4 heteroatoms. The topological polar surface area (TPSA) is 51.8 Å². The van der Waals surface area contributed by atoms with Gasteiger partial charge in [0.15, 0.2) is 0 Å². The number of hydrogen-bond acceptors (Lipinski definition) is 4. The third kappa shape index (κ3) is 3.17. The minimum Gasteiger partial charge on any atom is -0.399 e. The summed E-state index contributed by atoms with van der Waals surface area (Å²) in [6, 6.07) is 12.1. The number of hydrogen-bond donors (Lipinski definition) is 1. The van der Waals surface area contributed by atoms with Gasteiger partial charge in [-0.05, 0) is 36.2 Å². The lowest BCUT2D eigenvalue weighted by atomic mass is 9.86. The molecule has 0 aliphatic rings. The minimum atomic E-state index is -0.00787. The van der Waals surface area contributed by atoms with Crippen LogP contribution in [-0.4, -0.2) is 9.97 Å². The maximum Gasteiger partial charge on any atom is 0.0992 e. The normalized spacial score (nSPS) is 11.5. The summed E-state index contributed by atoms with van der Waals surface area (Å²) in [5.74, 6) is 0. The Hall–Kier alpha value is -2.20.